The summed E-state index contributed by atoms with van der Waals surface area (Å²) in [5.41, 5.74) is 0.643. The highest BCUT2D eigenvalue weighted by Crippen LogP contribution is 2.28. The molecule has 2 aromatic rings. The highest BCUT2D eigenvalue weighted by molar-refractivity contribution is 9.10. The molecule has 21 heavy (non-hydrogen) atoms. The maximum atomic E-state index is 12.1. The molecule has 2 rings (SSSR count). The number of nitrogens with one attached hydrogen (secondary N) is 1. The summed E-state index contributed by atoms with van der Waals surface area (Å²) in [6.45, 7) is 0. The fourth-order valence-corrected chi connectivity index (χ4v) is 3.11. The van der Waals surface area contributed by atoms with Crippen LogP contribution in [0.1, 0.15) is 10.4 Å². The standard InChI is InChI=1S/C12H7BrCl2N2O3S/c13-9-5-7(21(15,19)20)1-2-11(9)17-12(18)8-3-4-16-6-10(8)14/h1-6H,(H,17,18). The van der Waals surface area contributed by atoms with Gasteiger partial charge in [0.15, 0.2) is 0 Å². The quantitative estimate of drug-likeness (QED) is 0.784. The lowest BCUT2D eigenvalue weighted by atomic mass is 10.2. The van der Waals surface area contributed by atoms with Crippen molar-refractivity contribution in [1.82, 2.24) is 4.98 Å². The number of carbonyl (C=O) groups is 1. The van der Waals surface area contributed by atoms with E-state index in [0.717, 1.165) is 0 Å². The lowest BCUT2D eigenvalue weighted by Crippen LogP contribution is -2.13. The second-order valence-electron chi connectivity index (χ2n) is 3.89. The highest BCUT2D eigenvalue weighted by Gasteiger charge is 2.15. The first-order chi connectivity index (χ1) is 9.79. The van der Waals surface area contributed by atoms with E-state index in [1.54, 1.807) is 0 Å². The first kappa shape index (κ1) is 16.2. The van der Waals surface area contributed by atoms with Crippen LogP contribution in [0.4, 0.5) is 5.69 Å². The molecule has 0 aliphatic heterocycles. The number of carbonyl (C=O) groups excluding carboxylic acids is 1. The number of hydrogen-bond acceptors (Lipinski definition) is 4. The van der Waals surface area contributed by atoms with Crippen molar-refractivity contribution < 1.29 is 13.2 Å². The second kappa shape index (κ2) is 6.31. The molecule has 0 spiro atoms. The number of amides is 1. The maximum Gasteiger partial charge on any atom is 0.261 e. The van der Waals surface area contributed by atoms with Gasteiger partial charge in [0.25, 0.3) is 15.0 Å². The van der Waals surface area contributed by atoms with Crippen molar-refractivity contribution in [1.29, 1.82) is 0 Å². The van der Waals surface area contributed by atoms with Crippen molar-refractivity contribution in [2.75, 3.05) is 5.32 Å². The first-order valence-corrected chi connectivity index (χ1v) is 8.92. The van der Waals surface area contributed by atoms with Gasteiger partial charge in [-0.15, -0.1) is 0 Å². The first-order valence-electron chi connectivity index (χ1n) is 5.44. The van der Waals surface area contributed by atoms with Crippen LogP contribution in [0.15, 0.2) is 46.0 Å². The molecule has 1 aromatic heterocycles. The van der Waals surface area contributed by atoms with E-state index in [4.69, 9.17) is 22.3 Å². The Morgan fingerprint density at radius 1 is 1.29 bits per heavy atom. The molecule has 0 bridgehead atoms. The highest BCUT2D eigenvalue weighted by atomic mass is 79.9. The van der Waals surface area contributed by atoms with E-state index >= 15 is 0 Å². The molecule has 1 N–H and O–H groups in total. The van der Waals surface area contributed by atoms with Crippen molar-refractivity contribution in [2.45, 2.75) is 4.90 Å². The summed E-state index contributed by atoms with van der Waals surface area (Å²) in [4.78, 5) is 15.8. The van der Waals surface area contributed by atoms with Crippen LogP contribution in [0.25, 0.3) is 0 Å². The van der Waals surface area contributed by atoms with Gasteiger partial charge in [-0.1, -0.05) is 11.6 Å². The summed E-state index contributed by atoms with van der Waals surface area (Å²) in [6, 6.07) is 5.48. The van der Waals surface area contributed by atoms with E-state index in [-0.39, 0.29) is 15.5 Å². The topological polar surface area (TPSA) is 76.1 Å². The van der Waals surface area contributed by atoms with Gasteiger partial charge < -0.3 is 5.32 Å². The molecule has 1 aromatic carbocycles. The zero-order chi connectivity index (χ0) is 15.6. The minimum atomic E-state index is -3.83. The number of rotatable bonds is 3. The van der Waals surface area contributed by atoms with Crippen LogP contribution < -0.4 is 5.32 Å². The summed E-state index contributed by atoms with van der Waals surface area (Å²) < 4.78 is 22.8. The predicted molar refractivity (Wildman–Crippen MR) is 84.4 cm³/mol. The fourth-order valence-electron chi connectivity index (χ4n) is 1.50. The number of halogens is 3. The van der Waals surface area contributed by atoms with Crippen LogP contribution in [0.3, 0.4) is 0 Å². The summed E-state index contributed by atoms with van der Waals surface area (Å²) in [5, 5.41) is 2.82. The normalized spacial score (nSPS) is 11.2. The Morgan fingerprint density at radius 3 is 2.57 bits per heavy atom. The molecule has 0 aliphatic carbocycles. The van der Waals surface area contributed by atoms with Crippen LogP contribution in [-0.4, -0.2) is 19.3 Å². The third-order valence-corrected chi connectivity index (χ3v) is 4.80. The predicted octanol–water partition coefficient (Wildman–Crippen LogP) is 3.68. The van der Waals surface area contributed by atoms with Crippen LogP contribution in [0.5, 0.6) is 0 Å². The van der Waals surface area contributed by atoms with Crippen molar-refractivity contribution >= 4 is 58.9 Å². The summed E-state index contributed by atoms with van der Waals surface area (Å²) in [6.07, 6.45) is 2.80. The number of nitrogens with zero attached hydrogens (tertiary/aromatic N) is 1. The zero-order valence-corrected chi connectivity index (χ0v) is 14.1. The number of aromatic nitrogens is 1. The van der Waals surface area contributed by atoms with Gasteiger partial charge in [0, 0.05) is 27.5 Å². The minimum Gasteiger partial charge on any atom is -0.321 e. The molecule has 0 aliphatic rings. The molecule has 5 nitrogen and oxygen atoms in total. The second-order valence-corrected chi connectivity index (χ2v) is 7.72. The van der Waals surface area contributed by atoms with E-state index in [2.05, 4.69) is 26.2 Å². The third-order valence-electron chi connectivity index (χ3n) is 2.49. The Morgan fingerprint density at radius 2 is 2.00 bits per heavy atom. The largest absolute Gasteiger partial charge is 0.321 e. The van der Waals surface area contributed by atoms with Gasteiger partial charge in [-0.3, -0.25) is 9.78 Å². The maximum absolute atomic E-state index is 12.1. The monoisotopic (exact) mass is 408 g/mol. The van der Waals surface area contributed by atoms with Crippen LogP contribution in [0.2, 0.25) is 5.02 Å². The number of pyridine rings is 1. The average Bonchev–Trinajstić information content (AvgIpc) is 2.40. The van der Waals surface area contributed by atoms with Crippen LogP contribution in [0, 0.1) is 0 Å². The molecule has 110 valence electrons. The van der Waals surface area contributed by atoms with Gasteiger partial charge >= 0.3 is 0 Å². The lowest BCUT2D eigenvalue weighted by Gasteiger charge is -2.09. The van der Waals surface area contributed by atoms with Crippen molar-refractivity contribution in [3.8, 4) is 0 Å². The van der Waals surface area contributed by atoms with Gasteiger partial charge in [-0.25, -0.2) is 8.42 Å². The Bertz CT molecular complexity index is 812. The number of hydrogen-bond donors (Lipinski definition) is 1. The summed E-state index contributed by atoms with van der Waals surface area (Å²) >= 11 is 9.05. The van der Waals surface area contributed by atoms with E-state index in [1.165, 1.54) is 36.7 Å². The van der Waals surface area contributed by atoms with Crippen LogP contribution >= 0.6 is 38.2 Å². The van der Waals surface area contributed by atoms with Crippen LogP contribution in [-0.2, 0) is 9.05 Å². The molecule has 1 heterocycles. The zero-order valence-electron chi connectivity index (χ0n) is 10.2. The molecule has 0 radical (unpaired) electrons. The molecule has 0 saturated carbocycles. The van der Waals surface area contributed by atoms with Gasteiger partial charge in [-0.2, -0.15) is 0 Å². The average molecular weight is 410 g/mol. The molecular weight excluding hydrogens is 403 g/mol. The number of anilines is 1. The minimum absolute atomic E-state index is 0.0732. The van der Waals surface area contributed by atoms with E-state index < -0.39 is 15.0 Å². The van der Waals surface area contributed by atoms with E-state index in [0.29, 0.717) is 10.2 Å². The van der Waals surface area contributed by atoms with E-state index in [1.807, 2.05) is 0 Å². The molecule has 0 unspecified atom stereocenters. The van der Waals surface area contributed by atoms with Gasteiger partial charge in [-0.05, 0) is 40.2 Å². The Kier molecular flexibility index (Phi) is 4.88. The van der Waals surface area contributed by atoms with Gasteiger partial charge in [0.05, 0.1) is 21.2 Å². The van der Waals surface area contributed by atoms with Gasteiger partial charge in [0.1, 0.15) is 0 Å². The molecule has 9 heteroatoms. The Hall–Kier alpha value is -1.15. The van der Waals surface area contributed by atoms with E-state index in [9.17, 15) is 13.2 Å². The molecule has 1 amide bonds. The molecular formula is C12H7BrCl2N2O3S. The Balaban J connectivity index is 2.29. The smallest absolute Gasteiger partial charge is 0.261 e. The third kappa shape index (κ3) is 3.94. The summed E-state index contributed by atoms with van der Waals surface area (Å²) in [5.74, 6) is -0.440. The van der Waals surface area contributed by atoms with Crippen molar-refractivity contribution in [3.63, 3.8) is 0 Å². The Labute approximate surface area is 138 Å². The van der Waals surface area contributed by atoms with Crippen molar-refractivity contribution in [3.05, 3.63) is 51.7 Å². The number of benzene rings is 1. The molecule has 0 atom stereocenters. The van der Waals surface area contributed by atoms with Crippen molar-refractivity contribution in [2.24, 2.45) is 0 Å². The lowest BCUT2D eigenvalue weighted by molar-refractivity contribution is 0.102. The van der Waals surface area contributed by atoms with Gasteiger partial charge in [0.2, 0.25) is 0 Å². The molecule has 0 fully saturated rings. The SMILES string of the molecule is O=C(Nc1ccc(S(=O)(=O)Cl)cc1Br)c1ccncc1Cl. The molecule has 0 saturated heterocycles. The fraction of sp³-hybridized carbons (Fsp3) is 0. The summed E-state index contributed by atoms with van der Waals surface area (Å²) in [7, 11) is 1.42.